The van der Waals surface area contributed by atoms with E-state index >= 15 is 0 Å². The summed E-state index contributed by atoms with van der Waals surface area (Å²) in [5, 5.41) is 4.74. The maximum atomic E-state index is 13.1. The number of para-hydroxylation sites is 2. The first-order valence-corrected chi connectivity index (χ1v) is 10.0. The molecule has 0 radical (unpaired) electrons. The van der Waals surface area contributed by atoms with Crippen molar-refractivity contribution in [3.63, 3.8) is 0 Å². The first-order valence-electron chi connectivity index (χ1n) is 10.0. The normalized spacial score (nSPS) is 13.3. The standard InChI is InChI=1S/C24H24N2O4/c1-29-21-11-5-4-10-20(21)25-24(28)19-14-17-8-2-3-9-18(17)15-22(19)30-16-23(27)26-12-6-7-13-26/h2-5,8-11,14-15H,6-7,12-13,16H2,1H3,(H,25,28). The van der Waals surface area contributed by atoms with Gasteiger partial charge in [0.2, 0.25) is 0 Å². The Bertz CT molecular complexity index is 1070. The molecule has 0 aliphatic carbocycles. The van der Waals surface area contributed by atoms with E-state index in [4.69, 9.17) is 9.47 Å². The van der Waals surface area contributed by atoms with Crippen LogP contribution in [0.3, 0.4) is 0 Å². The topological polar surface area (TPSA) is 67.9 Å². The van der Waals surface area contributed by atoms with Gasteiger partial charge in [0.15, 0.2) is 6.61 Å². The zero-order chi connectivity index (χ0) is 20.9. The van der Waals surface area contributed by atoms with Crippen molar-refractivity contribution in [2.45, 2.75) is 12.8 Å². The van der Waals surface area contributed by atoms with Gasteiger partial charge in [-0.05, 0) is 47.9 Å². The van der Waals surface area contributed by atoms with Crippen molar-refractivity contribution >= 4 is 28.3 Å². The predicted molar refractivity (Wildman–Crippen MR) is 116 cm³/mol. The van der Waals surface area contributed by atoms with Gasteiger partial charge in [-0.3, -0.25) is 9.59 Å². The third-order valence-corrected chi connectivity index (χ3v) is 5.26. The minimum absolute atomic E-state index is 0.0586. The molecule has 2 amide bonds. The number of hydrogen-bond donors (Lipinski definition) is 1. The second kappa shape index (κ2) is 8.86. The Balaban J connectivity index is 1.62. The molecule has 0 aromatic heterocycles. The SMILES string of the molecule is COc1ccccc1NC(=O)c1cc2ccccc2cc1OCC(=O)N1CCCC1. The second-order valence-electron chi connectivity index (χ2n) is 7.23. The number of likely N-dealkylation sites (tertiary alicyclic amines) is 1. The van der Waals surface area contributed by atoms with Crippen LogP contribution < -0.4 is 14.8 Å². The van der Waals surface area contributed by atoms with Crippen LogP contribution in [0.15, 0.2) is 60.7 Å². The molecule has 1 N–H and O–H groups in total. The number of carbonyl (C=O) groups excluding carboxylic acids is 2. The molecule has 154 valence electrons. The van der Waals surface area contributed by atoms with Gasteiger partial charge in [0.05, 0.1) is 18.4 Å². The van der Waals surface area contributed by atoms with Gasteiger partial charge < -0.3 is 19.7 Å². The molecule has 1 heterocycles. The number of nitrogens with zero attached hydrogens (tertiary/aromatic N) is 1. The van der Waals surface area contributed by atoms with Crippen molar-refractivity contribution in [2.75, 3.05) is 32.1 Å². The average molecular weight is 404 g/mol. The van der Waals surface area contributed by atoms with E-state index in [9.17, 15) is 9.59 Å². The third kappa shape index (κ3) is 4.22. The molecule has 1 saturated heterocycles. The lowest BCUT2D eigenvalue weighted by molar-refractivity contribution is -0.132. The van der Waals surface area contributed by atoms with Crippen LogP contribution in [0.5, 0.6) is 11.5 Å². The molecule has 0 unspecified atom stereocenters. The van der Waals surface area contributed by atoms with Crippen molar-refractivity contribution in [3.05, 3.63) is 66.2 Å². The lowest BCUT2D eigenvalue weighted by Crippen LogP contribution is -2.32. The number of amides is 2. The number of rotatable bonds is 6. The molecule has 0 atom stereocenters. The number of methoxy groups -OCH3 is 1. The molecule has 1 aliphatic heterocycles. The summed E-state index contributed by atoms with van der Waals surface area (Å²) in [7, 11) is 1.56. The number of ether oxygens (including phenoxy) is 2. The van der Waals surface area contributed by atoms with Crippen molar-refractivity contribution in [1.82, 2.24) is 4.90 Å². The van der Waals surface area contributed by atoms with E-state index in [1.165, 1.54) is 0 Å². The summed E-state index contributed by atoms with van der Waals surface area (Å²) in [6.07, 6.45) is 2.04. The van der Waals surface area contributed by atoms with Gasteiger partial charge in [-0.1, -0.05) is 36.4 Å². The van der Waals surface area contributed by atoms with E-state index in [0.29, 0.717) is 22.7 Å². The summed E-state index contributed by atoms with van der Waals surface area (Å²) in [5.74, 6) is 0.567. The Kier molecular flexibility index (Phi) is 5.84. The van der Waals surface area contributed by atoms with Crippen molar-refractivity contribution in [2.24, 2.45) is 0 Å². The first kappa shape index (κ1) is 19.8. The molecule has 3 aromatic carbocycles. The van der Waals surface area contributed by atoms with E-state index in [1.807, 2.05) is 42.5 Å². The second-order valence-corrected chi connectivity index (χ2v) is 7.23. The molecule has 0 bridgehead atoms. The quantitative estimate of drug-likeness (QED) is 0.672. The monoisotopic (exact) mass is 404 g/mol. The van der Waals surface area contributed by atoms with Gasteiger partial charge in [-0.25, -0.2) is 0 Å². The maximum Gasteiger partial charge on any atom is 0.260 e. The fourth-order valence-corrected chi connectivity index (χ4v) is 3.65. The third-order valence-electron chi connectivity index (χ3n) is 5.26. The number of hydrogen-bond acceptors (Lipinski definition) is 4. The Morgan fingerprint density at radius 3 is 2.33 bits per heavy atom. The number of nitrogens with one attached hydrogen (secondary N) is 1. The van der Waals surface area contributed by atoms with E-state index < -0.39 is 0 Å². The molecule has 6 nitrogen and oxygen atoms in total. The van der Waals surface area contributed by atoms with Gasteiger partial charge in [-0.2, -0.15) is 0 Å². The minimum Gasteiger partial charge on any atom is -0.495 e. The molecule has 0 spiro atoms. The number of carbonyl (C=O) groups is 2. The highest BCUT2D eigenvalue weighted by Gasteiger charge is 2.21. The minimum atomic E-state index is -0.325. The molecule has 6 heteroatoms. The maximum absolute atomic E-state index is 13.1. The zero-order valence-electron chi connectivity index (χ0n) is 16.9. The average Bonchev–Trinajstić information content (AvgIpc) is 3.32. The molecular formula is C24H24N2O4. The first-order chi connectivity index (χ1) is 14.7. The summed E-state index contributed by atoms with van der Waals surface area (Å²) >= 11 is 0. The van der Waals surface area contributed by atoms with E-state index in [1.54, 1.807) is 30.2 Å². The Morgan fingerprint density at radius 1 is 0.933 bits per heavy atom. The van der Waals surface area contributed by atoms with Crippen LogP contribution in [-0.2, 0) is 4.79 Å². The van der Waals surface area contributed by atoms with Crippen LogP contribution in [0.1, 0.15) is 23.2 Å². The van der Waals surface area contributed by atoms with Crippen molar-refractivity contribution in [1.29, 1.82) is 0 Å². The van der Waals surface area contributed by atoms with Crippen LogP contribution in [-0.4, -0.2) is 43.5 Å². The highest BCUT2D eigenvalue weighted by atomic mass is 16.5. The Hall–Kier alpha value is -3.54. The van der Waals surface area contributed by atoms with Gasteiger partial charge in [0.1, 0.15) is 11.5 Å². The summed E-state index contributed by atoms with van der Waals surface area (Å²) in [6, 6.07) is 18.5. The van der Waals surface area contributed by atoms with Crippen molar-refractivity contribution < 1.29 is 19.1 Å². The highest BCUT2D eigenvalue weighted by molar-refractivity contribution is 6.09. The molecule has 1 fully saturated rings. The molecule has 3 aromatic rings. The molecule has 4 rings (SSSR count). The number of fused-ring (bicyclic) bond motifs is 1. The smallest absolute Gasteiger partial charge is 0.260 e. The molecule has 30 heavy (non-hydrogen) atoms. The highest BCUT2D eigenvalue weighted by Crippen LogP contribution is 2.29. The largest absolute Gasteiger partial charge is 0.495 e. The van der Waals surface area contributed by atoms with Crippen LogP contribution in [0.4, 0.5) is 5.69 Å². The van der Waals surface area contributed by atoms with Crippen LogP contribution in [0.25, 0.3) is 10.8 Å². The van der Waals surface area contributed by atoms with Crippen LogP contribution in [0.2, 0.25) is 0 Å². The van der Waals surface area contributed by atoms with Crippen molar-refractivity contribution in [3.8, 4) is 11.5 Å². The van der Waals surface area contributed by atoms with E-state index in [0.717, 1.165) is 36.7 Å². The fraction of sp³-hybridized carbons (Fsp3) is 0.250. The van der Waals surface area contributed by atoms with Gasteiger partial charge in [-0.15, -0.1) is 0 Å². The summed E-state index contributed by atoms with van der Waals surface area (Å²) in [6.45, 7) is 1.44. The molecule has 1 aliphatic rings. The lowest BCUT2D eigenvalue weighted by atomic mass is 10.1. The van der Waals surface area contributed by atoms with Crippen LogP contribution in [0, 0.1) is 0 Å². The number of anilines is 1. The zero-order valence-corrected chi connectivity index (χ0v) is 16.9. The molecular weight excluding hydrogens is 380 g/mol. The fourth-order valence-electron chi connectivity index (χ4n) is 3.65. The van der Waals surface area contributed by atoms with Gasteiger partial charge >= 0.3 is 0 Å². The van der Waals surface area contributed by atoms with Crippen LogP contribution >= 0.6 is 0 Å². The summed E-state index contributed by atoms with van der Waals surface area (Å²) in [5.41, 5.74) is 0.936. The van der Waals surface area contributed by atoms with Gasteiger partial charge in [0.25, 0.3) is 11.8 Å². The Morgan fingerprint density at radius 2 is 1.60 bits per heavy atom. The summed E-state index contributed by atoms with van der Waals surface area (Å²) < 4.78 is 11.2. The van der Waals surface area contributed by atoms with E-state index in [2.05, 4.69) is 5.32 Å². The lowest BCUT2D eigenvalue weighted by Gasteiger charge is -2.17. The summed E-state index contributed by atoms with van der Waals surface area (Å²) in [4.78, 5) is 27.3. The van der Waals surface area contributed by atoms with E-state index in [-0.39, 0.29) is 18.4 Å². The predicted octanol–water partition coefficient (Wildman–Crippen LogP) is 4.10. The molecule has 0 saturated carbocycles. The Labute approximate surface area is 175 Å². The van der Waals surface area contributed by atoms with Gasteiger partial charge in [0, 0.05) is 13.1 Å². The number of benzene rings is 3.